The molecule has 30 heavy (non-hydrogen) atoms. The van der Waals surface area contributed by atoms with Crippen LogP contribution >= 0.6 is 11.6 Å². The van der Waals surface area contributed by atoms with E-state index in [-0.39, 0.29) is 0 Å². The van der Waals surface area contributed by atoms with Gasteiger partial charge in [-0.1, -0.05) is 35.9 Å². The van der Waals surface area contributed by atoms with Crippen LogP contribution in [0.25, 0.3) is 11.4 Å². The Morgan fingerprint density at radius 1 is 1.20 bits per heavy atom. The van der Waals surface area contributed by atoms with E-state index in [1.807, 2.05) is 56.3 Å². The summed E-state index contributed by atoms with van der Waals surface area (Å²) in [5.74, 6) is 1.32. The molecule has 1 aliphatic heterocycles. The number of hydrogen-bond acceptors (Lipinski definition) is 6. The summed E-state index contributed by atoms with van der Waals surface area (Å²) < 4.78 is 12.3. The van der Waals surface area contributed by atoms with Gasteiger partial charge in [0.1, 0.15) is 11.8 Å². The number of carbonyl (C=O) groups excluding carboxylic acids is 1. The Kier molecular flexibility index (Phi) is 5.46. The maximum absolute atomic E-state index is 12.6. The molecule has 2 heterocycles. The molecule has 1 atom stereocenters. The van der Waals surface area contributed by atoms with E-state index < -0.39 is 12.0 Å². The second kappa shape index (κ2) is 8.20. The van der Waals surface area contributed by atoms with Crippen LogP contribution in [0.15, 0.2) is 59.8 Å². The molecule has 8 heteroatoms. The third-order valence-corrected chi connectivity index (χ3v) is 5.21. The van der Waals surface area contributed by atoms with Crippen molar-refractivity contribution < 1.29 is 14.3 Å². The van der Waals surface area contributed by atoms with Gasteiger partial charge >= 0.3 is 5.97 Å². The average Bonchev–Trinajstić information content (AvgIpc) is 3.16. The Hall–Kier alpha value is -3.32. The fraction of sp³-hybridized carbons (Fsp3) is 0.227. The van der Waals surface area contributed by atoms with E-state index in [9.17, 15) is 4.79 Å². The molecule has 1 aliphatic rings. The van der Waals surface area contributed by atoms with Crippen LogP contribution in [0.5, 0.6) is 5.75 Å². The second-order valence-electron chi connectivity index (χ2n) is 6.74. The molecule has 0 aliphatic carbocycles. The maximum Gasteiger partial charge on any atom is 0.338 e. The number of nitrogens with zero attached hydrogens (tertiary/aromatic N) is 3. The van der Waals surface area contributed by atoms with Gasteiger partial charge in [0, 0.05) is 11.3 Å². The first kappa shape index (κ1) is 20.0. The summed E-state index contributed by atoms with van der Waals surface area (Å²) in [7, 11) is 1.36. The van der Waals surface area contributed by atoms with E-state index in [4.69, 9.17) is 21.1 Å². The summed E-state index contributed by atoms with van der Waals surface area (Å²) in [6.07, 6.45) is 0. The zero-order valence-corrected chi connectivity index (χ0v) is 17.6. The summed E-state index contributed by atoms with van der Waals surface area (Å²) >= 11 is 6.35. The average molecular weight is 425 g/mol. The van der Waals surface area contributed by atoms with Crippen molar-refractivity contribution in [3.8, 4) is 17.1 Å². The molecule has 0 unspecified atom stereocenters. The molecule has 0 radical (unpaired) electrons. The Labute approximate surface area is 179 Å². The molecule has 1 N–H and O–H groups in total. The highest BCUT2D eigenvalue weighted by molar-refractivity contribution is 6.33. The molecule has 0 spiro atoms. The number of ether oxygens (including phenoxy) is 2. The molecule has 0 fully saturated rings. The number of esters is 1. The summed E-state index contributed by atoms with van der Waals surface area (Å²) in [4.78, 5) is 17.3. The van der Waals surface area contributed by atoms with Crippen LogP contribution in [0.2, 0.25) is 5.02 Å². The lowest BCUT2D eigenvalue weighted by molar-refractivity contribution is -0.136. The monoisotopic (exact) mass is 424 g/mol. The quantitative estimate of drug-likeness (QED) is 0.609. The first-order chi connectivity index (χ1) is 14.5. The van der Waals surface area contributed by atoms with E-state index in [1.165, 1.54) is 7.11 Å². The van der Waals surface area contributed by atoms with Crippen LogP contribution < -0.4 is 10.1 Å². The van der Waals surface area contributed by atoms with Crippen molar-refractivity contribution in [3.05, 3.63) is 70.4 Å². The SMILES string of the molecule is CCOc1ccc([C@@H]2C(C(=O)OC)=C(C)Nc3nc(-c4ccccc4Cl)nn32)cc1. The third kappa shape index (κ3) is 3.52. The zero-order chi connectivity index (χ0) is 21.3. The number of carbonyl (C=O) groups is 1. The number of aromatic nitrogens is 3. The summed E-state index contributed by atoms with van der Waals surface area (Å²) in [5, 5.41) is 8.40. The minimum absolute atomic E-state index is 0.431. The first-order valence-corrected chi connectivity index (χ1v) is 9.91. The predicted molar refractivity (Wildman–Crippen MR) is 115 cm³/mol. The van der Waals surface area contributed by atoms with Gasteiger partial charge in [-0.05, 0) is 43.7 Å². The highest BCUT2D eigenvalue weighted by Crippen LogP contribution is 2.38. The number of benzene rings is 2. The van der Waals surface area contributed by atoms with Gasteiger partial charge in [-0.25, -0.2) is 9.48 Å². The summed E-state index contributed by atoms with van der Waals surface area (Å²) in [5.41, 5.74) is 2.69. The Balaban J connectivity index is 1.85. The number of hydrogen-bond donors (Lipinski definition) is 1. The molecule has 2 aromatic carbocycles. The lowest BCUT2D eigenvalue weighted by Gasteiger charge is -2.27. The molecule has 4 rings (SSSR count). The summed E-state index contributed by atoms with van der Waals surface area (Å²) in [6, 6.07) is 14.4. The van der Waals surface area contributed by atoms with Crippen LogP contribution in [0.1, 0.15) is 25.5 Å². The van der Waals surface area contributed by atoms with Crippen molar-refractivity contribution in [1.29, 1.82) is 0 Å². The minimum atomic E-state index is -0.506. The molecule has 7 nitrogen and oxygen atoms in total. The largest absolute Gasteiger partial charge is 0.494 e. The number of rotatable bonds is 5. The zero-order valence-electron chi connectivity index (χ0n) is 16.8. The molecular formula is C22H21ClN4O3. The molecule has 154 valence electrons. The van der Waals surface area contributed by atoms with Crippen molar-refractivity contribution in [3.63, 3.8) is 0 Å². The fourth-order valence-corrected chi connectivity index (χ4v) is 3.72. The Morgan fingerprint density at radius 2 is 1.93 bits per heavy atom. The van der Waals surface area contributed by atoms with Gasteiger partial charge < -0.3 is 14.8 Å². The van der Waals surface area contributed by atoms with Crippen molar-refractivity contribution >= 4 is 23.5 Å². The first-order valence-electron chi connectivity index (χ1n) is 9.53. The number of allylic oxidation sites excluding steroid dienone is 1. The highest BCUT2D eigenvalue weighted by atomic mass is 35.5. The lowest BCUT2D eigenvalue weighted by Crippen LogP contribution is -2.29. The predicted octanol–water partition coefficient (Wildman–Crippen LogP) is 4.46. The third-order valence-electron chi connectivity index (χ3n) is 4.88. The van der Waals surface area contributed by atoms with Gasteiger partial charge in [0.2, 0.25) is 5.95 Å². The molecule has 0 bridgehead atoms. The molecule has 3 aromatic rings. The smallest absolute Gasteiger partial charge is 0.338 e. The standard InChI is InChI=1S/C22H21ClN4O3/c1-4-30-15-11-9-14(10-12-15)19-18(21(28)29-3)13(2)24-22-25-20(26-27(19)22)16-7-5-6-8-17(16)23/h5-12,19H,4H2,1-3H3,(H,24,25,26)/t19-/m1/s1. The van der Waals surface area contributed by atoms with E-state index in [0.29, 0.717) is 40.2 Å². The van der Waals surface area contributed by atoms with Crippen LogP contribution in [0.3, 0.4) is 0 Å². The Bertz CT molecular complexity index is 1120. The Morgan fingerprint density at radius 3 is 2.60 bits per heavy atom. The van der Waals surface area contributed by atoms with Crippen molar-refractivity contribution in [2.24, 2.45) is 0 Å². The molecule has 0 amide bonds. The van der Waals surface area contributed by atoms with Gasteiger partial charge in [0.05, 0.1) is 24.3 Å². The highest BCUT2D eigenvalue weighted by Gasteiger charge is 2.35. The van der Waals surface area contributed by atoms with Crippen molar-refractivity contribution in [2.75, 3.05) is 19.0 Å². The van der Waals surface area contributed by atoms with Crippen molar-refractivity contribution in [2.45, 2.75) is 19.9 Å². The number of fused-ring (bicyclic) bond motifs is 1. The number of methoxy groups -OCH3 is 1. The van der Waals surface area contributed by atoms with Gasteiger partial charge in [0.15, 0.2) is 5.82 Å². The molecular weight excluding hydrogens is 404 g/mol. The second-order valence-corrected chi connectivity index (χ2v) is 7.15. The molecule has 1 aromatic heterocycles. The number of anilines is 1. The summed E-state index contributed by atoms with van der Waals surface area (Å²) in [6.45, 7) is 4.33. The number of nitrogens with one attached hydrogen (secondary N) is 1. The van der Waals surface area contributed by atoms with Crippen LogP contribution in [-0.2, 0) is 9.53 Å². The molecule has 0 saturated carbocycles. The number of halogens is 1. The lowest BCUT2D eigenvalue weighted by atomic mass is 9.96. The van der Waals surface area contributed by atoms with E-state index in [0.717, 1.165) is 11.3 Å². The van der Waals surface area contributed by atoms with Gasteiger partial charge in [-0.15, -0.1) is 5.10 Å². The molecule has 0 saturated heterocycles. The van der Waals surface area contributed by atoms with Crippen molar-refractivity contribution in [1.82, 2.24) is 14.8 Å². The fourth-order valence-electron chi connectivity index (χ4n) is 3.50. The van der Waals surface area contributed by atoms with E-state index in [2.05, 4.69) is 15.4 Å². The normalized spacial score (nSPS) is 15.4. The van der Waals surface area contributed by atoms with Gasteiger partial charge in [0.25, 0.3) is 0 Å². The van der Waals surface area contributed by atoms with E-state index >= 15 is 0 Å². The van der Waals surface area contributed by atoms with Crippen LogP contribution in [0, 0.1) is 0 Å². The van der Waals surface area contributed by atoms with Crippen LogP contribution in [-0.4, -0.2) is 34.5 Å². The van der Waals surface area contributed by atoms with Crippen LogP contribution in [0.4, 0.5) is 5.95 Å². The topological polar surface area (TPSA) is 78.3 Å². The maximum atomic E-state index is 12.6. The minimum Gasteiger partial charge on any atom is -0.494 e. The van der Waals surface area contributed by atoms with E-state index in [1.54, 1.807) is 10.7 Å². The van der Waals surface area contributed by atoms with Gasteiger partial charge in [-0.2, -0.15) is 4.98 Å². The van der Waals surface area contributed by atoms with Gasteiger partial charge in [-0.3, -0.25) is 0 Å².